The van der Waals surface area contributed by atoms with Crippen LogP contribution in [-0.2, 0) is 9.47 Å². The topological polar surface area (TPSA) is 21.7 Å². The van der Waals surface area contributed by atoms with E-state index in [0.29, 0.717) is 12.9 Å². The van der Waals surface area contributed by atoms with E-state index in [1.165, 1.54) is 44.8 Å². The van der Waals surface area contributed by atoms with Gasteiger partial charge in [-0.2, -0.15) is 12.6 Å². The molecule has 1 saturated heterocycles. The maximum absolute atomic E-state index is 5.67. The molecule has 0 saturated carbocycles. The van der Waals surface area contributed by atoms with Crippen LogP contribution in [0.1, 0.15) is 25.7 Å². The molecule has 0 aliphatic carbocycles. The van der Waals surface area contributed by atoms with E-state index < -0.39 is 0 Å². The summed E-state index contributed by atoms with van der Waals surface area (Å²) in [5.74, 6) is 1.01. The van der Waals surface area contributed by atoms with Gasteiger partial charge in [0.2, 0.25) is 0 Å². The van der Waals surface area contributed by atoms with Crippen LogP contribution in [0.2, 0.25) is 6.04 Å². The van der Waals surface area contributed by atoms with Crippen molar-refractivity contribution in [2.75, 3.05) is 32.7 Å². The molecule has 3 nitrogen and oxygen atoms in total. The lowest BCUT2D eigenvalue weighted by Gasteiger charge is -2.28. The summed E-state index contributed by atoms with van der Waals surface area (Å²) in [5.41, 5.74) is 0. The number of hydrogen-bond acceptors (Lipinski definition) is 4. The summed E-state index contributed by atoms with van der Waals surface area (Å²) >= 11 is 4.28. The van der Waals surface area contributed by atoms with Crippen LogP contribution >= 0.6 is 12.6 Å². The molecule has 0 N–H and O–H groups in total. The van der Waals surface area contributed by atoms with Crippen LogP contribution in [0.15, 0.2) is 0 Å². The molecule has 96 valence electrons. The van der Waals surface area contributed by atoms with Crippen LogP contribution < -0.4 is 0 Å². The van der Waals surface area contributed by atoms with Crippen LogP contribution in [-0.4, -0.2) is 53.1 Å². The number of thiol groups is 1. The fraction of sp³-hybridized carbons (Fsp3) is 1.00. The van der Waals surface area contributed by atoms with Gasteiger partial charge in [0.15, 0.2) is 0 Å². The highest BCUT2D eigenvalue weighted by atomic mass is 32.1. The molecule has 1 atom stereocenters. The first-order valence-corrected chi connectivity index (χ1v) is 8.57. The van der Waals surface area contributed by atoms with Crippen LogP contribution in [0.4, 0.5) is 0 Å². The molecule has 1 aliphatic rings. The third kappa shape index (κ3) is 6.25. The minimum Gasteiger partial charge on any atom is -0.359 e. The van der Waals surface area contributed by atoms with Gasteiger partial charge in [0.25, 0.3) is 0 Å². The zero-order chi connectivity index (χ0) is 11.6. The smallest absolute Gasteiger partial charge is 0.146 e. The highest BCUT2D eigenvalue weighted by molar-refractivity contribution is 7.80. The van der Waals surface area contributed by atoms with Gasteiger partial charge in [-0.1, -0.05) is 6.42 Å². The number of ether oxygens (including phenoxy) is 2. The van der Waals surface area contributed by atoms with E-state index in [0.717, 1.165) is 5.75 Å². The minimum atomic E-state index is 0.0160. The molecule has 5 heteroatoms. The lowest BCUT2D eigenvalue weighted by molar-refractivity contribution is -0.0779. The molecule has 1 heterocycles. The van der Waals surface area contributed by atoms with Gasteiger partial charge in [0, 0.05) is 7.11 Å². The van der Waals surface area contributed by atoms with Crippen LogP contribution in [0, 0.1) is 0 Å². The van der Waals surface area contributed by atoms with Crippen LogP contribution in [0.3, 0.4) is 0 Å². The Morgan fingerprint density at radius 3 is 3.06 bits per heavy atom. The first-order valence-electron chi connectivity index (χ1n) is 6.30. The Bertz CT molecular complexity index is 152. The Labute approximate surface area is 107 Å². The number of hydrogen-bond donors (Lipinski definition) is 1. The summed E-state index contributed by atoms with van der Waals surface area (Å²) in [5, 5.41) is 0. The van der Waals surface area contributed by atoms with Crippen molar-refractivity contribution in [2.45, 2.75) is 37.8 Å². The molecule has 16 heavy (non-hydrogen) atoms. The SMILES string of the molecule is COCOC1CCC[SiH2]N(CCCS)CC1. The second-order valence-corrected chi connectivity index (χ2v) is 6.89. The molecule has 0 radical (unpaired) electrons. The van der Waals surface area contributed by atoms with E-state index >= 15 is 0 Å². The van der Waals surface area contributed by atoms with Gasteiger partial charge < -0.3 is 14.0 Å². The van der Waals surface area contributed by atoms with Crippen LogP contribution in [0.5, 0.6) is 0 Å². The summed E-state index contributed by atoms with van der Waals surface area (Å²) in [6.45, 7) is 2.90. The van der Waals surface area contributed by atoms with E-state index in [1.807, 2.05) is 0 Å². The second-order valence-electron chi connectivity index (χ2n) is 4.40. The van der Waals surface area contributed by atoms with Gasteiger partial charge in [-0.3, -0.25) is 0 Å². The predicted octanol–water partition coefficient (Wildman–Crippen LogP) is 1.28. The summed E-state index contributed by atoms with van der Waals surface area (Å²) in [4.78, 5) is 0. The number of rotatable bonds is 6. The third-order valence-electron chi connectivity index (χ3n) is 3.07. The van der Waals surface area contributed by atoms with Crippen molar-refractivity contribution in [1.82, 2.24) is 4.57 Å². The van der Waals surface area contributed by atoms with Crippen molar-refractivity contribution in [3.63, 3.8) is 0 Å². The maximum Gasteiger partial charge on any atom is 0.146 e. The van der Waals surface area contributed by atoms with Crippen molar-refractivity contribution < 1.29 is 9.47 Å². The maximum atomic E-state index is 5.67. The number of methoxy groups -OCH3 is 1. The van der Waals surface area contributed by atoms with Gasteiger partial charge >= 0.3 is 0 Å². The molecule has 1 unspecified atom stereocenters. The fourth-order valence-electron chi connectivity index (χ4n) is 2.14. The highest BCUT2D eigenvalue weighted by Gasteiger charge is 2.15. The molecule has 1 aliphatic heterocycles. The molecule has 0 aromatic carbocycles. The highest BCUT2D eigenvalue weighted by Crippen LogP contribution is 2.14. The lowest BCUT2D eigenvalue weighted by atomic mass is 10.1. The Balaban J connectivity index is 2.22. The second kappa shape index (κ2) is 9.47. The molecule has 0 bridgehead atoms. The van der Waals surface area contributed by atoms with E-state index in [-0.39, 0.29) is 9.68 Å². The van der Waals surface area contributed by atoms with Crippen molar-refractivity contribution in [1.29, 1.82) is 0 Å². The third-order valence-corrected chi connectivity index (χ3v) is 5.47. The summed E-state index contributed by atoms with van der Waals surface area (Å²) in [7, 11) is 1.71. The largest absolute Gasteiger partial charge is 0.359 e. The number of nitrogens with zero attached hydrogens (tertiary/aromatic N) is 1. The Morgan fingerprint density at radius 1 is 1.44 bits per heavy atom. The Kier molecular flexibility index (Phi) is 8.59. The Hall–Kier alpha value is 0.447. The van der Waals surface area contributed by atoms with E-state index in [9.17, 15) is 0 Å². The van der Waals surface area contributed by atoms with Gasteiger partial charge in [-0.15, -0.1) is 0 Å². The monoisotopic (exact) mass is 263 g/mol. The Morgan fingerprint density at radius 2 is 2.31 bits per heavy atom. The van der Waals surface area contributed by atoms with Crippen molar-refractivity contribution in [3.8, 4) is 0 Å². The molecule has 0 aromatic heterocycles. The van der Waals surface area contributed by atoms with Crippen molar-refractivity contribution >= 4 is 22.3 Å². The van der Waals surface area contributed by atoms with Gasteiger partial charge in [-0.25, -0.2) is 0 Å². The lowest BCUT2D eigenvalue weighted by Crippen LogP contribution is -2.34. The summed E-state index contributed by atoms with van der Waals surface area (Å²) < 4.78 is 13.3. The molecule has 0 aromatic rings. The average Bonchev–Trinajstić information content (AvgIpc) is 2.27. The summed E-state index contributed by atoms with van der Waals surface area (Å²) in [6.07, 6.45) is 5.35. The van der Waals surface area contributed by atoms with Gasteiger partial charge in [0.1, 0.15) is 6.79 Å². The van der Waals surface area contributed by atoms with E-state index in [1.54, 1.807) is 7.11 Å². The molecule has 0 spiro atoms. The van der Waals surface area contributed by atoms with Gasteiger partial charge in [0.05, 0.1) is 15.8 Å². The van der Waals surface area contributed by atoms with E-state index in [4.69, 9.17) is 9.47 Å². The minimum absolute atomic E-state index is 0.0160. The fourth-order valence-corrected chi connectivity index (χ4v) is 4.09. The summed E-state index contributed by atoms with van der Waals surface area (Å²) in [6, 6.07) is 1.43. The van der Waals surface area contributed by atoms with Crippen molar-refractivity contribution in [3.05, 3.63) is 0 Å². The quantitative estimate of drug-likeness (QED) is 0.443. The van der Waals surface area contributed by atoms with Crippen molar-refractivity contribution in [2.24, 2.45) is 0 Å². The molecular formula is C11H25NO2SSi. The zero-order valence-electron chi connectivity index (χ0n) is 10.4. The standard InChI is InChI=1S/C11H25NO2SSi/c1-13-10-14-11-4-2-9-16-12(7-5-11)6-3-8-15/h11,15H,2-10,16H2,1H3. The predicted molar refractivity (Wildman–Crippen MR) is 74.0 cm³/mol. The first kappa shape index (κ1) is 14.5. The molecule has 1 fully saturated rings. The average molecular weight is 263 g/mol. The molecule has 1 rings (SSSR count). The van der Waals surface area contributed by atoms with E-state index in [2.05, 4.69) is 17.2 Å². The zero-order valence-corrected chi connectivity index (χ0v) is 12.7. The normalized spacial score (nSPS) is 25.5. The van der Waals surface area contributed by atoms with Gasteiger partial charge in [-0.05, 0) is 44.1 Å². The molecule has 0 amide bonds. The first-order chi connectivity index (χ1) is 7.86. The molecular weight excluding hydrogens is 238 g/mol. The van der Waals surface area contributed by atoms with Crippen LogP contribution in [0.25, 0.3) is 0 Å².